The number of pyridine rings is 1. The first-order valence-electron chi connectivity index (χ1n) is 6.48. The number of alkyl halides is 3. The fourth-order valence-corrected chi connectivity index (χ4v) is 2.00. The van der Waals surface area contributed by atoms with E-state index in [2.05, 4.69) is 4.98 Å². The van der Waals surface area contributed by atoms with Crippen molar-refractivity contribution in [3.8, 4) is 0 Å². The van der Waals surface area contributed by atoms with Gasteiger partial charge in [-0.3, -0.25) is 9.78 Å². The van der Waals surface area contributed by atoms with Crippen molar-refractivity contribution < 1.29 is 26.7 Å². The summed E-state index contributed by atoms with van der Waals surface area (Å²) in [5.74, 6) is -3.79. The lowest BCUT2D eigenvalue weighted by molar-refractivity contribution is -0.164. The molecule has 1 heterocycles. The summed E-state index contributed by atoms with van der Waals surface area (Å²) >= 11 is 0. The number of rotatable bonds is 4. The van der Waals surface area contributed by atoms with Crippen molar-refractivity contribution in [3.63, 3.8) is 0 Å². The fraction of sp³-hybridized carbons (Fsp3) is 0.200. The van der Waals surface area contributed by atoms with E-state index in [4.69, 9.17) is 0 Å². The molecule has 0 spiro atoms. The van der Waals surface area contributed by atoms with Crippen LogP contribution in [0.3, 0.4) is 0 Å². The van der Waals surface area contributed by atoms with Crippen LogP contribution in [0.2, 0.25) is 0 Å². The molecule has 122 valence electrons. The van der Waals surface area contributed by atoms with Crippen LogP contribution in [0.15, 0.2) is 42.7 Å². The fourth-order valence-electron chi connectivity index (χ4n) is 2.00. The van der Waals surface area contributed by atoms with E-state index >= 15 is 0 Å². The number of carbonyl (C=O) groups is 1. The molecule has 1 atom stereocenters. The molecule has 1 aromatic carbocycles. The number of nitrogens with one attached hydrogen (secondary N) is 1. The number of aromatic nitrogens is 1. The van der Waals surface area contributed by atoms with Gasteiger partial charge in [0, 0.05) is 12.4 Å². The van der Waals surface area contributed by atoms with E-state index in [1.54, 1.807) is 5.32 Å². The van der Waals surface area contributed by atoms with Gasteiger partial charge in [0.05, 0.1) is 12.0 Å². The quantitative estimate of drug-likeness (QED) is 0.874. The first-order chi connectivity index (χ1) is 10.8. The minimum atomic E-state index is -5.05. The molecule has 0 aliphatic heterocycles. The summed E-state index contributed by atoms with van der Waals surface area (Å²) in [5.41, 5.74) is -0.862. The summed E-state index contributed by atoms with van der Waals surface area (Å²) < 4.78 is 66.5. The van der Waals surface area contributed by atoms with Gasteiger partial charge in [-0.2, -0.15) is 13.2 Å². The molecule has 1 aromatic heterocycles. The van der Waals surface area contributed by atoms with Crippen LogP contribution in [0.25, 0.3) is 0 Å². The lowest BCUT2D eigenvalue weighted by Crippen LogP contribution is -2.40. The average molecular weight is 330 g/mol. The summed E-state index contributed by atoms with van der Waals surface area (Å²) in [6.45, 7) is 0. The van der Waals surface area contributed by atoms with Crippen molar-refractivity contribution >= 4 is 5.91 Å². The molecule has 8 heteroatoms. The molecule has 2 rings (SSSR count). The molecule has 1 N–H and O–H groups in total. The molecule has 23 heavy (non-hydrogen) atoms. The van der Waals surface area contributed by atoms with Crippen LogP contribution in [0.1, 0.15) is 17.2 Å². The number of benzene rings is 1. The molecule has 3 nitrogen and oxygen atoms in total. The van der Waals surface area contributed by atoms with Crippen LogP contribution in [-0.4, -0.2) is 17.1 Å². The SMILES string of the molecule is O=C(Cc1cccnc1)NC(c1c(F)cccc1F)C(F)(F)F. The third-order valence-corrected chi connectivity index (χ3v) is 3.01. The third kappa shape index (κ3) is 4.24. The van der Waals surface area contributed by atoms with E-state index in [1.165, 1.54) is 24.5 Å². The zero-order valence-corrected chi connectivity index (χ0v) is 11.6. The lowest BCUT2D eigenvalue weighted by Gasteiger charge is -2.23. The number of amides is 1. The molecule has 0 radical (unpaired) electrons. The van der Waals surface area contributed by atoms with E-state index in [-0.39, 0.29) is 0 Å². The highest BCUT2D eigenvalue weighted by molar-refractivity contribution is 5.79. The van der Waals surface area contributed by atoms with Crippen molar-refractivity contribution in [1.82, 2.24) is 10.3 Å². The second kappa shape index (κ2) is 6.72. The van der Waals surface area contributed by atoms with Crippen LogP contribution in [-0.2, 0) is 11.2 Å². The van der Waals surface area contributed by atoms with Crippen molar-refractivity contribution in [2.24, 2.45) is 0 Å². The molecular formula is C15H11F5N2O. The standard InChI is InChI=1S/C15H11F5N2O/c16-10-4-1-5-11(17)13(10)14(15(18,19)20)22-12(23)7-9-3-2-6-21-8-9/h1-6,8,14H,7H2,(H,22,23). The molecule has 0 saturated carbocycles. The predicted molar refractivity (Wildman–Crippen MR) is 71.2 cm³/mol. The molecule has 2 aromatic rings. The van der Waals surface area contributed by atoms with Gasteiger partial charge in [0.25, 0.3) is 0 Å². The Kier molecular flexibility index (Phi) is 4.92. The smallest absolute Gasteiger partial charge is 0.340 e. The lowest BCUT2D eigenvalue weighted by atomic mass is 10.0. The molecule has 0 bridgehead atoms. The highest BCUT2D eigenvalue weighted by Crippen LogP contribution is 2.35. The largest absolute Gasteiger partial charge is 0.413 e. The Morgan fingerprint density at radius 3 is 2.30 bits per heavy atom. The van der Waals surface area contributed by atoms with Gasteiger partial charge in [-0.1, -0.05) is 12.1 Å². The summed E-state index contributed by atoms with van der Waals surface area (Å²) in [5, 5.41) is 1.63. The molecule has 0 fully saturated rings. The molecule has 0 aliphatic rings. The highest BCUT2D eigenvalue weighted by atomic mass is 19.4. The van der Waals surface area contributed by atoms with Crippen LogP contribution >= 0.6 is 0 Å². The average Bonchev–Trinajstić information content (AvgIpc) is 2.46. The molecule has 0 aliphatic carbocycles. The normalized spacial score (nSPS) is 12.7. The third-order valence-electron chi connectivity index (χ3n) is 3.01. The first-order valence-corrected chi connectivity index (χ1v) is 6.48. The van der Waals surface area contributed by atoms with E-state index in [9.17, 15) is 26.7 Å². The van der Waals surface area contributed by atoms with Crippen LogP contribution in [0.5, 0.6) is 0 Å². The predicted octanol–water partition coefficient (Wildman–Crippen LogP) is 3.32. The number of carbonyl (C=O) groups excluding carboxylic acids is 1. The van der Waals surface area contributed by atoms with Gasteiger partial charge < -0.3 is 5.32 Å². The van der Waals surface area contributed by atoms with E-state index in [0.717, 1.165) is 6.07 Å². The van der Waals surface area contributed by atoms with Crippen LogP contribution in [0, 0.1) is 11.6 Å². The molecular weight excluding hydrogens is 319 g/mol. The van der Waals surface area contributed by atoms with E-state index < -0.39 is 41.7 Å². The summed E-state index contributed by atoms with van der Waals surface area (Å²) in [7, 11) is 0. The maximum atomic E-state index is 13.6. The van der Waals surface area contributed by atoms with Gasteiger partial charge in [0.1, 0.15) is 11.6 Å². The van der Waals surface area contributed by atoms with Crippen LogP contribution < -0.4 is 5.32 Å². The van der Waals surface area contributed by atoms with Gasteiger partial charge in [0.15, 0.2) is 6.04 Å². The second-order valence-electron chi connectivity index (χ2n) is 4.72. The summed E-state index contributed by atoms with van der Waals surface area (Å²) in [6, 6.07) is 2.58. The minimum absolute atomic E-state index is 0.375. The summed E-state index contributed by atoms with van der Waals surface area (Å²) in [6.07, 6.45) is -2.69. The Balaban J connectivity index is 2.25. The van der Waals surface area contributed by atoms with Gasteiger partial charge >= 0.3 is 6.18 Å². The van der Waals surface area contributed by atoms with E-state index in [0.29, 0.717) is 17.7 Å². The molecule has 1 unspecified atom stereocenters. The maximum absolute atomic E-state index is 13.6. The molecule has 0 saturated heterocycles. The van der Waals surface area contributed by atoms with Crippen molar-refractivity contribution in [2.75, 3.05) is 0 Å². The van der Waals surface area contributed by atoms with E-state index in [1.807, 2.05) is 0 Å². The Morgan fingerprint density at radius 2 is 1.78 bits per heavy atom. The van der Waals surface area contributed by atoms with Gasteiger partial charge in [-0.15, -0.1) is 0 Å². The topological polar surface area (TPSA) is 42.0 Å². The second-order valence-corrected chi connectivity index (χ2v) is 4.72. The zero-order chi connectivity index (χ0) is 17.0. The number of halogens is 5. The Bertz CT molecular complexity index is 668. The van der Waals surface area contributed by atoms with Crippen molar-refractivity contribution in [2.45, 2.75) is 18.6 Å². The maximum Gasteiger partial charge on any atom is 0.413 e. The minimum Gasteiger partial charge on any atom is -0.340 e. The Labute approximate surface area is 128 Å². The van der Waals surface area contributed by atoms with Crippen molar-refractivity contribution in [1.29, 1.82) is 0 Å². The highest BCUT2D eigenvalue weighted by Gasteiger charge is 2.44. The van der Waals surface area contributed by atoms with Crippen molar-refractivity contribution in [3.05, 3.63) is 65.5 Å². The Morgan fingerprint density at radius 1 is 1.13 bits per heavy atom. The number of nitrogens with zero attached hydrogens (tertiary/aromatic N) is 1. The zero-order valence-electron chi connectivity index (χ0n) is 11.6. The van der Waals surface area contributed by atoms with Gasteiger partial charge in [-0.05, 0) is 23.8 Å². The monoisotopic (exact) mass is 330 g/mol. The summed E-state index contributed by atoms with van der Waals surface area (Å²) in [4.78, 5) is 15.5. The number of hydrogen-bond donors (Lipinski definition) is 1. The van der Waals surface area contributed by atoms with Crippen LogP contribution in [0.4, 0.5) is 22.0 Å². The van der Waals surface area contributed by atoms with Gasteiger partial charge in [0.2, 0.25) is 5.91 Å². The Hall–Kier alpha value is -2.51. The molecule has 1 amide bonds. The first kappa shape index (κ1) is 16.9. The van der Waals surface area contributed by atoms with Gasteiger partial charge in [-0.25, -0.2) is 8.78 Å². The number of hydrogen-bond acceptors (Lipinski definition) is 2.